The summed E-state index contributed by atoms with van der Waals surface area (Å²) in [4.78, 5) is 24.0. The van der Waals surface area contributed by atoms with Gasteiger partial charge < -0.3 is 10.6 Å². The summed E-state index contributed by atoms with van der Waals surface area (Å²) in [5.74, 6) is -1.62. The first-order valence-corrected chi connectivity index (χ1v) is 7.45. The molecule has 3 aromatic rings. The van der Waals surface area contributed by atoms with Crippen molar-refractivity contribution in [2.45, 2.75) is 0 Å². The molecule has 0 saturated heterocycles. The molecule has 0 unspecified atom stereocenters. The summed E-state index contributed by atoms with van der Waals surface area (Å²) in [7, 11) is 0. The lowest BCUT2D eigenvalue weighted by atomic mass is 10.1. The molecule has 0 bridgehead atoms. The average Bonchev–Trinajstić information content (AvgIpc) is 2.60. The molecule has 0 aliphatic rings. The molecule has 2 amide bonds. The largest absolute Gasteiger partial charge is 0.343 e. The molecule has 0 aliphatic heterocycles. The van der Waals surface area contributed by atoms with Gasteiger partial charge in [0, 0.05) is 11.1 Å². The van der Waals surface area contributed by atoms with Gasteiger partial charge in [0.2, 0.25) is 5.91 Å². The minimum Gasteiger partial charge on any atom is -0.343 e. The zero-order chi connectivity index (χ0) is 16.9. The molecule has 5 heteroatoms. The number of amides is 2. The van der Waals surface area contributed by atoms with E-state index in [0.29, 0.717) is 5.69 Å². The maximum absolute atomic E-state index is 13.5. The van der Waals surface area contributed by atoms with Crippen LogP contribution in [0.3, 0.4) is 0 Å². The van der Waals surface area contributed by atoms with Gasteiger partial charge in [-0.25, -0.2) is 4.39 Å². The summed E-state index contributed by atoms with van der Waals surface area (Å²) in [5, 5.41) is 7.09. The third-order valence-corrected chi connectivity index (χ3v) is 3.59. The average molecular weight is 322 g/mol. The summed E-state index contributed by atoms with van der Waals surface area (Å²) in [6.45, 7) is -0.240. The maximum Gasteiger partial charge on any atom is 0.254 e. The van der Waals surface area contributed by atoms with Crippen LogP contribution in [0, 0.1) is 5.82 Å². The van der Waals surface area contributed by atoms with E-state index in [2.05, 4.69) is 10.6 Å². The molecule has 3 aromatic carbocycles. The minimum absolute atomic E-state index is 0.0875. The summed E-state index contributed by atoms with van der Waals surface area (Å²) >= 11 is 0. The minimum atomic E-state index is -0.624. The molecule has 0 atom stereocenters. The standard InChI is InChI=1S/C19H15FN2O2/c20-16-10-4-3-9-15(16)19(24)21-12-18(23)22-17-11-5-7-13-6-1-2-8-14(13)17/h1-11H,12H2,(H,21,24)(H,22,23). The Labute approximate surface area is 138 Å². The predicted octanol–water partition coefficient (Wildman–Crippen LogP) is 3.35. The topological polar surface area (TPSA) is 58.2 Å². The van der Waals surface area contributed by atoms with Crippen LogP contribution >= 0.6 is 0 Å². The van der Waals surface area contributed by atoms with E-state index in [4.69, 9.17) is 0 Å². The SMILES string of the molecule is O=C(CNC(=O)c1ccccc1F)Nc1cccc2ccccc12. The van der Waals surface area contributed by atoms with Crippen molar-refractivity contribution in [2.75, 3.05) is 11.9 Å². The number of carbonyl (C=O) groups is 2. The molecule has 0 fully saturated rings. The number of nitrogens with one attached hydrogen (secondary N) is 2. The third-order valence-electron chi connectivity index (χ3n) is 3.59. The van der Waals surface area contributed by atoms with Crippen molar-refractivity contribution in [2.24, 2.45) is 0 Å². The summed E-state index contributed by atoms with van der Waals surface area (Å²) in [6, 6.07) is 18.9. The Balaban J connectivity index is 1.66. The van der Waals surface area contributed by atoms with Gasteiger partial charge in [0.15, 0.2) is 0 Å². The third kappa shape index (κ3) is 3.41. The highest BCUT2D eigenvalue weighted by molar-refractivity contribution is 6.04. The lowest BCUT2D eigenvalue weighted by Gasteiger charge is -2.10. The van der Waals surface area contributed by atoms with E-state index >= 15 is 0 Å². The molecule has 0 radical (unpaired) electrons. The molecule has 120 valence electrons. The van der Waals surface area contributed by atoms with Crippen LogP contribution in [-0.2, 0) is 4.79 Å². The first-order chi connectivity index (χ1) is 11.6. The Hall–Kier alpha value is -3.21. The molecule has 3 rings (SSSR count). The van der Waals surface area contributed by atoms with E-state index < -0.39 is 11.7 Å². The Morgan fingerprint density at radius 2 is 1.58 bits per heavy atom. The fourth-order valence-corrected chi connectivity index (χ4v) is 2.43. The number of anilines is 1. The zero-order valence-electron chi connectivity index (χ0n) is 12.8. The second kappa shape index (κ2) is 6.91. The number of carbonyl (C=O) groups excluding carboxylic acids is 2. The molecule has 4 nitrogen and oxygen atoms in total. The van der Waals surface area contributed by atoms with Gasteiger partial charge in [0.05, 0.1) is 12.1 Å². The number of hydrogen-bond acceptors (Lipinski definition) is 2. The number of hydrogen-bond donors (Lipinski definition) is 2. The molecule has 2 N–H and O–H groups in total. The van der Waals surface area contributed by atoms with Gasteiger partial charge in [-0.15, -0.1) is 0 Å². The Bertz CT molecular complexity index is 903. The van der Waals surface area contributed by atoms with Crippen LogP contribution in [0.25, 0.3) is 10.8 Å². The van der Waals surface area contributed by atoms with Gasteiger partial charge in [-0.2, -0.15) is 0 Å². The monoisotopic (exact) mass is 322 g/mol. The molecule has 0 spiro atoms. The van der Waals surface area contributed by atoms with Gasteiger partial charge in [-0.05, 0) is 23.6 Å². The smallest absolute Gasteiger partial charge is 0.254 e. The van der Waals surface area contributed by atoms with Crippen molar-refractivity contribution in [3.63, 3.8) is 0 Å². The maximum atomic E-state index is 13.5. The van der Waals surface area contributed by atoms with Gasteiger partial charge in [0.25, 0.3) is 5.91 Å². The van der Waals surface area contributed by atoms with Crippen LogP contribution in [0.2, 0.25) is 0 Å². The van der Waals surface area contributed by atoms with Gasteiger partial charge in [0.1, 0.15) is 5.82 Å². The van der Waals surface area contributed by atoms with Crippen molar-refractivity contribution in [1.82, 2.24) is 5.32 Å². The zero-order valence-corrected chi connectivity index (χ0v) is 12.8. The lowest BCUT2D eigenvalue weighted by molar-refractivity contribution is -0.115. The van der Waals surface area contributed by atoms with Crippen molar-refractivity contribution < 1.29 is 14.0 Å². The summed E-state index contributed by atoms with van der Waals surface area (Å²) in [5.41, 5.74) is 0.578. The molecule has 0 aromatic heterocycles. The Kier molecular flexibility index (Phi) is 4.52. The van der Waals surface area contributed by atoms with Gasteiger partial charge >= 0.3 is 0 Å². The van der Waals surface area contributed by atoms with Crippen LogP contribution < -0.4 is 10.6 Å². The highest BCUT2D eigenvalue weighted by atomic mass is 19.1. The Morgan fingerprint density at radius 1 is 0.875 bits per heavy atom. The second-order valence-corrected chi connectivity index (χ2v) is 5.24. The molecular weight excluding hydrogens is 307 g/mol. The molecule has 0 saturated carbocycles. The van der Waals surface area contributed by atoms with E-state index in [0.717, 1.165) is 10.8 Å². The molecule has 0 aliphatic carbocycles. The van der Waals surface area contributed by atoms with Crippen molar-refractivity contribution in [3.05, 3.63) is 78.1 Å². The molecule has 0 heterocycles. The van der Waals surface area contributed by atoms with Crippen LogP contribution in [-0.4, -0.2) is 18.4 Å². The Morgan fingerprint density at radius 3 is 2.42 bits per heavy atom. The van der Waals surface area contributed by atoms with E-state index in [1.165, 1.54) is 18.2 Å². The predicted molar refractivity (Wildman–Crippen MR) is 91.3 cm³/mol. The number of benzene rings is 3. The summed E-state index contributed by atoms with van der Waals surface area (Å²) in [6.07, 6.45) is 0. The highest BCUT2D eigenvalue weighted by Gasteiger charge is 2.12. The first kappa shape index (κ1) is 15.7. The number of fused-ring (bicyclic) bond motifs is 1. The van der Waals surface area contributed by atoms with Crippen molar-refractivity contribution in [1.29, 1.82) is 0 Å². The first-order valence-electron chi connectivity index (χ1n) is 7.45. The fourth-order valence-electron chi connectivity index (χ4n) is 2.43. The number of halogens is 1. The quantitative estimate of drug-likeness (QED) is 0.774. The van der Waals surface area contributed by atoms with Crippen molar-refractivity contribution >= 4 is 28.3 Å². The summed E-state index contributed by atoms with van der Waals surface area (Å²) < 4.78 is 13.5. The van der Waals surface area contributed by atoms with Crippen LogP contribution in [0.4, 0.5) is 10.1 Å². The van der Waals surface area contributed by atoms with E-state index in [-0.39, 0.29) is 18.0 Å². The van der Waals surface area contributed by atoms with Gasteiger partial charge in [-0.3, -0.25) is 9.59 Å². The highest BCUT2D eigenvalue weighted by Crippen LogP contribution is 2.22. The normalized spacial score (nSPS) is 10.4. The van der Waals surface area contributed by atoms with Crippen LogP contribution in [0.15, 0.2) is 66.7 Å². The van der Waals surface area contributed by atoms with Crippen molar-refractivity contribution in [3.8, 4) is 0 Å². The van der Waals surface area contributed by atoms with E-state index in [1.54, 1.807) is 12.1 Å². The van der Waals surface area contributed by atoms with Crippen LogP contribution in [0.5, 0.6) is 0 Å². The van der Waals surface area contributed by atoms with Crippen LogP contribution in [0.1, 0.15) is 10.4 Å². The van der Waals surface area contributed by atoms with E-state index in [1.807, 2.05) is 36.4 Å². The molecule has 24 heavy (non-hydrogen) atoms. The fraction of sp³-hybridized carbons (Fsp3) is 0.0526. The number of rotatable bonds is 4. The second-order valence-electron chi connectivity index (χ2n) is 5.24. The van der Waals surface area contributed by atoms with E-state index in [9.17, 15) is 14.0 Å². The van der Waals surface area contributed by atoms with Gasteiger partial charge in [-0.1, -0.05) is 48.5 Å². The lowest BCUT2D eigenvalue weighted by Crippen LogP contribution is -2.33. The molecular formula is C19H15FN2O2.